The number of piperidine rings is 1. The molecule has 0 bridgehead atoms. The molecule has 5 rings (SSSR count). The molecule has 0 spiro atoms. The molecule has 202 valence electrons. The van der Waals surface area contributed by atoms with Crippen molar-refractivity contribution < 1.29 is 23.8 Å². The number of pyridine rings is 1. The van der Waals surface area contributed by atoms with Crippen LogP contribution >= 0.6 is 0 Å². The molecule has 0 saturated carbocycles. The summed E-state index contributed by atoms with van der Waals surface area (Å²) in [6, 6.07) is 9.58. The highest BCUT2D eigenvalue weighted by Crippen LogP contribution is 2.35. The first-order valence-corrected chi connectivity index (χ1v) is 12.8. The van der Waals surface area contributed by atoms with Crippen molar-refractivity contribution in [3.05, 3.63) is 59.2 Å². The van der Waals surface area contributed by atoms with Gasteiger partial charge in [0, 0.05) is 24.8 Å². The molecule has 3 aromatic rings. The zero-order valence-corrected chi connectivity index (χ0v) is 22.2. The number of amides is 2. The summed E-state index contributed by atoms with van der Waals surface area (Å²) in [4.78, 5) is 33.9. The van der Waals surface area contributed by atoms with Gasteiger partial charge in [0.15, 0.2) is 5.82 Å². The van der Waals surface area contributed by atoms with E-state index in [1.54, 1.807) is 33.0 Å². The van der Waals surface area contributed by atoms with Crippen LogP contribution in [-0.2, 0) is 11.3 Å². The molecular formula is C28H29FN6O4. The van der Waals surface area contributed by atoms with E-state index in [-0.39, 0.29) is 46.4 Å². The van der Waals surface area contributed by atoms with Crippen LogP contribution in [0.2, 0.25) is 0 Å². The van der Waals surface area contributed by atoms with Crippen LogP contribution in [0.25, 0.3) is 16.9 Å². The smallest absolute Gasteiger partial charge is 0.417 e. The number of halogens is 1. The number of fused-ring (bicyclic) bond motifs is 1. The molecule has 1 saturated heterocycles. The Morgan fingerprint density at radius 1 is 1.23 bits per heavy atom. The van der Waals surface area contributed by atoms with Gasteiger partial charge >= 0.3 is 6.09 Å². The third-order valence-corrected chi connectivity index (χ3v) is 6.82. The number of aliphatic hydroxyl groups excluding tert-OH is 1. The molecule has 2 unspecified atom stereocenters. The summed E-state index contributed by atoms with van der Waals surface area (Å²) in [5, 5.41) is 24.5. The van der Waals surface area contributed by atoms with Gasteiger partial charge in [-0.1, -0.05) is 6.07 Å². The number of aromatic nitrogens is 3. The third-order valence-electron chi connectivity index (χ3n) is 6.82. The molecule has 10 nitrogen and oxygen atoms in total. The number of aliphatic hydroxyl groups is 1. The molecule has 2 aliphatic rings. The van der Waals surface area contributed by atoms with Crippen LogP contribution in [0.3, 0.4) is 0 Å². The number of hydrogen-bond donors (Lipinski definition) is 1. The molecule has 0 aliphatic carbocycles. The first-order valence-electron chi connectivity index (χ1n) is 12.8. The van der Waals surface area contributed by atoms with E-state index in [1.807, 2.05) is 11.0 Å². The second-order valence-corrected chi connectivity index (χ2v) is 10.8. The minimum absolute atomic E-state index is 0.00706. The van der Waals surface area contributed by atoms with E-state index in [1.165, 1.54) is 28.9 Å². The van der Waals surface area contributed by atoms with Crippen molar-refractivity contribution in [2.45, 2.75) is 64.8 Å². The number of β-amino-alcohol motifs (C(OH)–C–C–N with tert-alkyl or cyclic N) is 1. The van der Waals surface area contributed by atoms with E-state index in [2.05, 4.69) is 17.0 Å². The van der Waals surface area contributed by atoms with Gasteiger partial charge in [0.25, 0.3) is 5.91 Å². The summed E-state index contributed by atoms with van der Waals surface area (Å²) >= 11 is 0. The van der Waals surface area contributed by atoms with Crippen LogP contribution in [0.1, 0.15) is 62.2 Å². The summed E-state index contributed by atoms with van der Waals surface area (Å²) in [5.74, 6) is -0.648. The lowest BCUT2D eigenvalue weighted by atomic mass is 10.0. The maximum Gasteiger partial charge on any atom is 0.417 e. The van der Waals surface area contributed by atoms with E-state index >= 15 is 4.39 Å². The second kappa shape index (κ2) is 9.78. The van der Waals surface area contributed by atoms with Crippen molar-refractivity contribution >= 4 is 17.8 Å². The molecule has 1 N–H and O–H groups in total. The predicted molar refractivity (Wildman–Crippen MR) is 140 cm³/mol. The Morgan fingerprint density at radius 2 is 2.00 bits per heavy atom. The summed E-state index contributed by atoms with van der Waals surface area (Å²) in [5.41, 5.74) is 0.0527. The number of carbonyl (C=O) groups excluding carboxylic acids is 2. The molecule has 2 amide bonds. The number of benzene rings is 1. The Hall–Kier alpha value is -4.30. The van der Waals surface area contributed by atoms with Crippen molar-refractivity contribution in [3.8, 4) is 23.0 Å². The highest BCUT2D eigenvalue weighted by molar-refractivity contribution is 6.08. The molecule has 2 aliphatic heterocycles. The van der Waals surface area contributed by atoms with Crippen LogP contribution in [0.5, 0.6) is 0 Å². The molecule has 2 atom stereocenters. The van der Waals surface area contributed by atoms with Gasteiger partial charge in [-0.3, -0.25) is 4.79 Å². The number of carbonyl (C=O) groups is 2. The van der Waals surface area contributed by atoms with Crippen molar-refractivity contribution in [1.82, 2.24) is 19.7 Å². The maximum absolute atomic E-state index is 15.0. The fourth-order valence-electron chi connectivity index (χ4n) is 4.95. The van der Waals surface area contributed by atoms with Crippen LogP contribution in [0, 0.1) is 17.1 Å². The summed E-state index contributed by atoms with van der Waals surface area (Å²) in [6.45, 7) is 7.40. The standard InChI is InChI=1S/C28H29FN6O4/c1-16-8-9-18(36)14-33(16)23-10-11-35(32-23)22-12-20(24-17(13-30)6-5-7-19(24)29)31-21-15-34(26(37)25(21)22)27(38)39-28(2,3)4/h5-7,10-12,16,18,36H,8-9,14-15H2,1-4H3. The fraction of sp³-hybridized carbons (Fsp3) is 0.393. The number of nitriles is 1. The number of ether oxygens (including phenoxy) is 1. The van der Waals surface area contributed by atoms with Gasteiger partial charge in [-0.2, -0.15) is 10.4 Å². The molecule has 39 heavy (non-hydrogen) atoms. The minimum atomic E-state index is -0.824. The third kappa shape index (κ3) is 4.95. The van der Waals surface area contributed by atoms with Gasteiger partial charge in [-0.05, 0) is 58.7 Å². The van der Waals surface area contributed by atoms with Gasteiger partial charge in [-0.25, -0.2) is 23.8 Å². The van der Waals surface area contributed by atoms with Crippen molar-refractivity contribution in [1.29, 1.82) is 5.26 Å². The fourth-order valence-corrected chi connectivity index (χ4v) is 4.95. The van der Waals surface area contributed by atoms with Crippen LogP contribution in [0.15, 0.2) is 36.5 Å². The molecule has 2 aromatic heterocycles. The average Bonchev–Trinajstić information content (AvgIpc) is 3.49. The molecule has 0 radical (unpaired) electrons. The van der Waals surface area contributed by atoms with Crippen LogP contribution < -0.4 is 4.90 Å². The molecule has 4 heterocycles. The van der Waals surface area contributed by atoms with E-state index in [4.69, 9.17) is 4.74 Å². The maximum atomic E-state index is 15.0. The predicted octanol–water partition coefficient (Wildman–Crippen LogP) is 4.19. The van der Waals surface area contributed by atoms with Crippen molar-refractivity contribution in [2.24, 2.45) is 0 Å². The van der Waals surface area contributed by atoms with Crippen LogP contribution in [0.4, 0.5) is 15.0 Å². The first-order chi connectivity index (χ1) is 18.5. The normalized spacial score (nSPS) is 19.2. The average molecular weight is 533 g/mol. The Labute approximate surface area is 225 Å². The zero-order valence-electron chi connectivity index (χ0n) is 22.2. The summed E-state index contributed by atoms with van der Waals surface area (Å²) < 4.78 is 21.9. The van der Waals surface area contributed by atoms with Crippen molar-refractivity contribution in [2.75, 3.05) is 11.4 Å². The molecule has 1 aromatic carbocycles. The Morgan fingerprint density at radius 3 is 2.72 bits per heavy atom. The van der Waals surface area contributed by atoms with E-state index < -0.39 is 29.5 Å². The lowest BCUT2D eigenvalue weighted by Crippen LogP contribution is -2.44. The Balaban J connectivity index is 1.64. The quantitative estimate of drug-likeness (QED) is 0.533. The largest absolute Gasteiger partial charge is 0.443 e. The second-order valence-electron chi connectivity index (χ2n) is 10.8. The van der Waals surface area contributed by atoms with Gasteiger partial charge in [0.05, 0.1) is 52.5 Å². The van der Waals surface area contributed by atoms with Crippen molar-refractivity contribution in [3.63, 3.8) is 0 Å². The number of anilines is 1. The summed E-state index contributed by atoms with van der Waals surface area (Å²) in [7, 11) is 0. The number of rotatable bonds is 3. The van der Waals surface area contributed by atoms with E-state index in [9.17, 15) is 20.0 Å². The topological polar surface area (TPSA) is 125 Å². The van der Waals surface area contributed by atoms with Gasteiger partial charge < -0.3 is 14.7 Å². The van der Waals surface area contributed by atoms with Gasteiger partial charge in [0.2, 0.25) is 0 Å². The number of nitrogens with zero attached hydrogens (tertiary/aromatic N) is 6. The Bertz CT molecular complexity index is 1500. The number of hydrogen-bond acceptors (Lipinski definition) is 8. The minimum Gasteiger partial charge on any atom is -0.443 e. The lowest BCUT2D eigenvalue weighted by Gasteiger charge is -2.36. The van der Waals surface area contributed by atoms with E-state index in [0.717, 1.165) is 11.3 Å². The number of imide groups is 1. The van der Waals surface area contributed by atoms with E-state index in [0.29, 0.717) is 18.8 Å². The molecular weight excluding hydrogens is 503 g/mol. The zero-order chi connectivity index (χ0) is 28.1. The summed E-state index contributed by atoms with van der Waals surface area (Å²) in [6.07, 6.45) is 1.88. The first kappa shape index (κ1) is 26.3. The SMILES string of the molecule is CC1CCC(O)CN1c1ccn(-c2cc(-c3c(F)cccc3C#N)nc3c2C(=O)N(C(=O)OC(C)(C)C)C3)n1. The van der Waals surface area contributed by atoms with Gasteiger partial charge in [-0.15, -0.1) is 0 Å². The highest BCUT2D eigenvalue weighted by atomic mass is 19.1. The monoisotopic (exact) mass is 532 g/mol. The lowest BCUT2D eigenvalue weighted by molar-refractivity contribution is 0.0247. The molecule has 1 fully saturated rings. The van der Waals surface area contributed by atoms with Gasteiger partial charge in [0.1, 0.15) is 11.4 Å². The molecule has 11 heteroatoms. The highest BCUT2D eigenvalue weighted by Gasteiger charge is 2.39. The van der Waals surface area contributed by atoms with Crippen LogP contribution in [-0.4, -0.2) is 61.1 Å². The Kier molecular flexibility index (Phi) is 6.60.